The summed E-state index contributed by atoms with van der Waals surface area (Å²) >= 11 is 0. The van der Waals surface area contributed by atoms with Crippen LogP contribution in [-0.4, -0.2) is 35.0 Å². The summed E-state index contributed by atoms with van der Waals surface area (Å²) in [5, 5.41) is 8.60. The van der Waals surface area contributed by atoms with Crippen molar-refractivity contribution in [3.8, 4) is 0 Å². The quantitative estimate of drug-likeness (QED) is 0.868. The molecule has 0 aromatic heterocycles. The van der Waals surface area contributed by atoms with Gasteiger partial charge in [0.05, 0.1) is 6.42 Å². The summed E-state index contributed by atoms with van der Waals surface area (Å²) in [6.07, 6.45) is -0.356. The lowest BCUT2D eigenvalue weighted by Crippen LogP contribution is -2.36. The molecule has 1 rings (SSSR count). The van der Waals surface area contributed by atoms with E-state index in [1.54, 1.807) is 6.92 Å². The van der Waals surface area contributed by atoms with Crippen LogP contribution in [0.5, 0.6) is 0 Å². The van der Waals surface area contributed by atoms with Crippen LogP contribution in [0.2, 0.25) is 0 Å². The maximum absolute atomic E-state index is 13.3. The molecular formula is C12H13F2NO3. The van der Waals surface area contributed by atoms with E-state index in [-0.39, 0.29) is 18.5 Å². The fourth-order valence-electron chi connectivity index (χ4n) is 1.49. The number of carboxylic acid groups (broad SMARTS) is 1. The normalized spacial score (nSPS) is 10.2. The molecule has 6 heteroatoms. The van der Waals surface area contributed by atoms with Crippen LogP contribution in [0, 0.1) is 11.6 Å². The van der Waals surface area contributed by atoms with Crippen LogP contribution in [0.25, 0.3) is 0 Å². The molecule has 0 radical (unpaired) electrons. The molecule has 0 fully saturated rings. The van der Waals surface area contributed by atoms with Gasteiger partial charge in [-0.25, -0.2) is 8.78 Å². The molecule has 0 aliphatic rings. The average molecular weight is 257 g/mol. The minimum Gasteiger partial charge on any atom is -0.480 e. The Balaban J connectivity index is 2.79. The topological polar surface area (TPSA) is 57.6 Å². The first-order valence-electron chi connectivity index (χ1n) is 5.37. The summed E-state index contributed by atoms with van der Waals surface area (Å²) in [6.45, 7) is 1.36. The number of carboxylic acids is 1. The van der Waals surface area contributed by atoms with E-state index >= 15 is 0 Å². The van der Waals surface area contributed by atoms with E-state index in [9.17, 15) is 18.4 Å². The summed E-state index contributed by atoms with van der Waals surface area (Å²) in [7, 11) is 0. The number of likely N-dealkylation sites (N-methyl/N-ethyl adjacent to an activating group) is 1. The average Bonchev–Trinajstić information content (AvgIpc) is 2.30. The molecule has 18 heavy (non-hydrogen) atoms. The second kappa shape index (κ2) is 6.09. The SMILES string of the molecule is CCN(CC(=O)O)C(=O)Cc1cc(F)ccc1F. The smallest absolute Gasteiger partial charge is 0.323 e. The highest BCUT2D eigenvalue weighted by Crippen LogP contribution is 2.11. The molecule has 0 bridgehead atoms. The van der Waals surface area contributed by atoms with Gasteiger partial charge in [0.15, 0.2) is 0 Å². The van der Waals surface area contributed by atoms with Gasteiger partial charge in [-0.1, -0.05) is 0 Å². The van der Waals surface area contributed by atoms with Crippen LogP contribution in [0.15, 0.2) is 18.2 Å². The van der Waals surface area contributed by atoms with Gasteiger partial charge in [-0.15, -0.1) is 0 Å². The number of aliphatic carboxylic acids is 1. The standard InChI is InChI=1S/C12H13F2NO3/c1-2-15(7-12(17)18)11(16)6-8-5-9(13)3-4-10(8)14/h3-5H,2,6-7H2,1H3,(H,17,18). The summed E-state index contributed by atoms with van der Waals surface area (Å²) < 4.78 is 26.2. The number of halogens is 2. The number of carbonyl (C=O) groups excluding carboxylic acids is 1. The Morgan fingerprint density at radius 2 is 2.00 bits per heavy atom. The van der Waals surface area contributed by atoms with E-state index in [2.05, 4.69) is 0 Å². The maximum atomic E-state index is 13.3. The van der Waals surface area contributed by atoms with Crippen molar-refractivity contribution in [3.63, 3.8) is 0 Å². The zero-order chi connectivity index (χ0) is 13.7. The van der Waals surface area contributed by atoms with Gasteiger partial charge in [-0.05, 0) is 25.1 Å². The summed E-state index contributed by atoms with van der Waals surface area (Å²) in [4.78, 5) is 23.3. The Morgan fingerprint density at radius 3 is 2.56 bits per heavy atom. The van der Waals surface area contributed by atoms with Crippen LogP contribution in [0.3, 0.4) is 0 Å². The zero-order valence-electron chi connectivity index (χ0n) is 9.82. The first-order valence-corrected chi connectivity index (χ1v) is 5.37. The van der Waals surface area contributed by atoms with E-state index in [1.807, 2.05) is 0 Å². The largest absolute Gasteiger partial charge is 0.480 e. The lowest BCUT2D eigenvalue weighted by atomic mass is 10.1. The van der Waals surface area contributed by atoms with Gasteiger partial charge in [0.25, 0.3) is 0 Å². The summed E-state index contributed by atoms with van der Waals surface area (Å²) in [5.41, 5.74) is -0.0798. The first-order chi connectivity index (χ1) is 8.43. The number of nitrogens with zero attached hydrogens (tertiary/aromatic N) is 1. The molecule has 1 N–H and O–H groups in total. The molecule has 0 aliphatic carbocycles. The van der Waals surface area contributed by atoms with Crippen molar-refractivity contribution in [2.24, 2.45) is 0 Å². The molecule has 0 atom stereocenters. The minimum atomic E-state index is -1.15. The van der Waals surface area contributed by atoms with Crippen molar-refractivity contribution in [1.82, 2.24) is 4.90 Å². The van der Waals surface area contributed by atoms with Gasteiger partial charge in [0.1, 0.15) is 18.2 Å². The van der Waals surface area contributed by atoms with Gasteiger partial charge in [-0.2, -0.15) is 0 Å². The Morgan fingerprint density at radius 1 is 1.33 bits per heavy atom. The second-order valence-corrected chi connectivity index (χ2v) is 3.71. The van der Waals surface area contributed by atoms with E-state index in [4.69, 9.17) is 5.11 Å². The van der Waals surface area contributed by atoms with Crippen LogP contribution in [0.4, 0.5) is 8.78 Å². The van der Waals surface area contributed by atoms with Crippen molar-refractivity contribution in [1.29, 1.82) is 0 Å². The molecule has 0 saturated heterocycles. The summed E-state index contributed by atoms with van der Waals surface area (Å²) in [6, 6.07) is 2.82. The number of carbonyl (C=O) groups is 2. The number of rotatable bonds is 5. The van der Waals surface area contributed by atoms with E-state index in [1.165, 1.54) is 0 Å². The van der Waals surface area contributed by atoms with Gasteiger partial charge in [0, 0.05) is 12.1 Å². The fourth-order valence-corrected chi connectivity index (χ4v) is 1.49. The predicted octanol–water partition coefficient (Wildman–Crippen LogP) is 1.44. The molecule has 1 aromatic rings. The third-order valence-corrected chi connectivity index (χ3v) is 2.41. The van der Waals surface area contributed by atoms with E-state index in [0.717, 1.165) is 23.1 Å². The molecule has 0 aliphatic heterocycles. The zero-order valence-corrected chi connectivity index (χ0v) is 9.82. The molecule has 0 heterocycles. The van der Waals surface area contributed by atoms with Crippen LogP contribution in [0.1, 0.15) is 12.5 Å². The molecule has 1 amide bonds. The van der Waals surface area contributed by atoms with E-state index < -0.39 is 30.1 Å². The molecule has 0 spiro atoms. The molecule has 98 valence electrons. The lowest BCUT2D eigenvalue weighted by molar-refractivity contribution is -0.144. The van der Waals surface area contributed by atoms with E-state index in [0.29, 0.717) is 0 Å². The monoisotopic (exact) mass is 257 g/mol. The van der Waals surface area contributed by atoms with Crippen LogP contribution < -0.4 is 0 Å². The van der Waals surface area contributed by atoms with Crippen molar-refractivity contribution >= 4 is 11.9 Å². The van der Waals surface area contributed by atoms with Crippen LogP contribution in [-0.2, 0) is 16.0 Å². The molecular weight excluding hydrogens is 244 g/mol. The third-order valence-electron chi connectivity index (χ3n) is 2.41. The van der Waals surface area contributed by atoms with Gasteiger partial charge in [-0.3, -0.25) is 9.59 Å². The van der Waals surface area contributed by atoms with Gasteiger partial charge in [0.2, 0.25) is 5.91 Å². The maximum Gasteiger partial charge on any atom is 0.323 e. The number of hydrogen-bond acceptors (Lipinski definition) is 2. The predicted molar refractivity (Wildman–Crippen MR) is 60.0 cm³/mol. The lowest BCUT2D eigenvalue weighted by Gasteiger charge is -2.18. The molecule has 4 nitrogen and oxygen atoms in total. The van der Waals surface area contributed by atoms with Crippen molar-refractivity contribution in [3.05, 3.63) is 35.4 Å². The number of amides is 1. The van der Waals surface area contributed by atoms with Crippen molar-refractivity contribution in [2.45, 2.75) is 13.3 Å². The second-order valence-electron chi connectivity index (χ2n) is 3.71. The number of hydrogen-bond donors (Lipinski definition) is 1. The molecule has 1 aromatic carbocycles. The highest BCUT2D eigenvalue weighted by molar-refractivity contribution is 5.83. The Labute approximate surface area is 103 Å². The number of benzene rings is 1. The van der Waals surface area contributed by atoms with Crippen LogP contribution >= 0.6 is 0 Å². The Hall–Kier alpha value is -1.98. The van der Waals surface area contributed by atoms with Crippen molar-refractivity contribution < 1.29 is 23.5 Å². The Kier molecular flexibility index (Phi) is 4.76. The highest BCUT2D eigenvalue weighted by atomic mass is 19.1. The van der Waals surface area contributed by atoms with Gasteiger partial charge < -0.3 is 10.0 Å². The first kappa shape index (κ1) is 14.1. The fraction of sp³-hybridized carbons (Fsp3) is 0.333. The molecule has 0 unspecified atom stereocenters. The third kappa shape index (κ3) is 3.80. The minimum absolute atomic E-state index is 0.0798. The van der Waals surface area contributed by atoms with Crippen molar-refractivity contribution in [2.75, 3.05) is 13.1 Å². The molecule has 0 saturated carbocycles. The Bertz CT molecular complexity index is 463. The van der Waals surface area contributed by atoms with Gasteiger partial charge >= 0.3 is 5.97 Å². The summed E-state index contributed by atoms with van der Waals surface area (Å²) in [5.74, 6) is -3.02. The highest BCUT2D eigenvalue weighted by Gasteiger charge is 2.17.